The van der Waals surface area contributed by atoms with Gasteiger partial charge in [-0.15, -0.1) is 0 Å². The van der Waals surface area contributed by atoms with E-state index in [0.717, 1.165) is 59.9 Å². The second-order valence-electron chi connectivity index (χ2n) is 18.3. The van der Waals surface area contributed by atoms with Crippen molar-refractivity contribution in [1.29, 1.82) is 0 Å². The zero-order chi connectivity index (χ0) is 45.4. The maximum Gasteiger partial charge on any atom is 2.00 e. The Morgan fingerprint density at radius 3 is 1.53 bits per heavy atom. The van der Waals surface area contributed by atoms with Crippen molar-refractivity contribution in [2.45, 2.75) is 99.7 Å². The van der Waals surface area contributed by atoms with Crippen LogP contribution in [0.2, 0.25) is 18.1 Å². The standard InChI is InChI=1S/C26H26Br2O2Si.C12H17N.C10H12.C6H8N.Mo/c1-26(2,3)31(4,5)30-25-21(28)15-17-11-7-9-13-19(17)23(25)22-18-12-8-6-10-16(18)14-20(27)24(22)29;1-8(2)10-6-5-7-11(9(3)4)12(10)13;1-10(2,3)9-7-5-4-6-8-9;1-5-3-4-6(2)7-5;/h6-15,29H,1-5H3;5-9H,1-4H3;1,4-8H,2-3H3;3-4H,1-2H3;/q;;;-1;+2/p-1. The molecule has 0 fully saturated rings. The van der Waals surface area contributed by atoms with Crippen LogP contribution in [-0.4, -0.2) is 14.0 Å². The Morgan fingerprint density at radius 1 is 0.694 bits per heavy atom. The summed E-state index contributed by atoms with van der Waals surface area (Å²) in [6, 6.07) is 34.3. The van der Waals surface area contributed by atoms with Gasteiger partial charge in [0.2, 0.25) is 0 Å². The van der Waals surface area contributed by atoms with Crippen LogP contribution in [0.4, 0.5) is 0 Å². The molecule has 324 valence electrons. The van der Waals surface area contributed by atoms with Crippen molar-refractivity contribution in [2.75, 3.05) is 0 Å². The summed E-state index contributed by atoms with van der Waals surface area (Å²) in [6.07, 6.45) is 6.00. The van der Waals surface area contributed by atoms with Crippen molar-refractivity contribution in [2.24, 2.45) is 11.8 Å². The monoisotopic (exact) mass is 1050 g/mol. The molecule has 0 atom stereocenters. The van der Waals surface area contributed by atoms with E-state index in [2.05, 4.69) is 117 Å². The van der Waals surface area contributed by atoms with Crippen LogP contribution in [-0.2, 0) is 26.5 Å². The predicted octanol–water partition coefficient (Wildman–Crippen LogP) is 16.0. The SMILES string of the molecule is CC(C)(C)[Si](C)(C)Oc1c(Br)cc2ccccc2c1-c1c([O-])c(Br)cc2ccccc12.CC(C)C1=C[CH+]C=C(C(C)C)C1=[N-].Cc1ccc(C)[n-]1.[CH]C(C)(C)c1ccccc1.[Mo+2]. The summed E-state index contributed by atoms with van der Waals surface area (Å²) in [5.41, 5.74) is 7.30. The fourth-order valence-corrected chi connectivity index (χ4v) is 8.72. The van der Waals surface area contributed by atoms with Crippen LogP contribution in [0.15, 0.2) is 135 Å². The van der Waals surface area contributed by atoms with Crippen molar-refractivity contribution in [3.63, 3.8) is 0 Å². The van der Waals surface area contributed by atoms with Crippen molar-refractivity contribution in [3.8, 4) is 22.6 Å². The van der Waals surface area contributed by atoms with E-state index in [1.165, 1.54) is 5.56 Å². The van der Waals surface area contributed by atoms with Gasteiger partial charge in [0.1, 0.15) is 5.75 Å². The third-order valence-electron chi connectivity index (χ3n) is 11.1. The Bertz CT molecular complexity index is 2460. The maximum absolute atomic E-state index is 13.5. The van der Waals surface area contributed by atoms with Gasteiger partial charge in [-0.25, -0.2) is 0 Å². The topological polar surface area (TPSA) is 68.7 Å². The van der Waals surface area contributed by atoms with Gasteiger partial charge in [-0.05, 0) is 125 Å². The third-order valence-corrected chi connectivity index (χ3v) is 16.6. The van der Waals surface area contributed by atoms with Gasteiger partial charge in [-0.3, -0.25) is 0 Å². The summed E-state index contributed by atoms with van der Waals surface area (Å²) in [5, 5.41) is 27.5. The first-order valence-electron chi connectivity index (χ1n) is 21.0. The molecular formula is C54H62Br2MoN2O2Si. The van der Waals surface area contributed by atoms with E-state index in [1.807, 2.05) is 131 Å². The molecule has 7 rings (SSSR count). The number of benzene rings is 5. The molecule has 5 aromatic carbocycles. The van der Waals surface area contributed by atoms with Gasteiger partial charge in [-0.1, -0.05) is 161 Å². The zero-order valence-electron chi connectivity index (χ0n) is 38.7. The van der Waals surface area contributed by atoms with Gasteiger partial charge in [0, 0.05) is 51.6 Å². The second kappa shape index (κ2) is 22.3. The first-order chi connectivity index (χ1) is 28.4. The molecule has 1 heterocycles. The Labute approximate surface area is 405 Å². The third kappa shape index (κ3) is 13.5. The van der Waals surface area contributed by atoms with Crippen LogP contribution in [0.3, 0.4) is 0 Å². The van der Waals surface area contributed by atoms with E-state index in [-0.39, 0.29) is 37.3 Å². The van der Waals surface area contributed by atoms with Gasteiger partial charge in [-0.2, -0.15) is 11.4 Å². The minimum absolute atomic E-state index is 0. The van der Waals surface area contributed by atoms with Gasteiger partial charge >= 0.3 is 21.1 Å². The summed E-state index contributed by atoms with van der Waals surface area (Å²) in [7, 11) is -2.17. The quantitative estimate of drug-likeness (QED) is 0.123. The molecule has 0 N–H and O–H groups in total. The summed E-state index contributed by atoms with van der Waals surface area (Å²) in [5.74, 6) is 1.50. The van der Waals surface area contributed by atoms with Crippen LogP contribution >= 0.6 is 31.9 Å². The Kier molecular flexibility index (Phi) is 19.0. The number of rotatable bonds is 6. The fourth-order valence-electron chi connectivity index (χ4n) is 6.57. The van der Waals surface area contributed by atoms with Gasteiger partial charge in [0.05, 0.1) is 4.47 Å². The van der Waals surface area contributed by atoms with E-state index >= 15 is 0 Å². The number of nitrogens with zero attached hydrogens (tertiary/aromatic N) is 2. The molecule has 0 bridgehead atoms. The molecule has 1 aliphatic carbocycles. The first kappa shape index (κ1) is 52.7. The zero-order valence-corrected chi connectivity index (χ0v) is 44.8. The second-order valence-corrected chi connectivity index (χ2v) is 24.8. The molecule has 0 saturated heterocycles. The normalized spacial score (nSPS) is 12.8. The smallest absolute Gasteiger partial charge is 0.871 e. The summed E-state index contributed by atoms with van der Waals surface area (Å²) in [6.45, 7) is 33.4. The van der Waals surface area contributed by atoms with Crippen LogP contribution in [0.5, 0.6) is 11.5 Å². The number of aromatic nitrogens is 1. The number of hydrogen-bond acceptors (Lipinski definition) is 2. The largest absolute Gasteiger partial charge is 2.00 e. The van der Waals surface area contributed by atoms with Crippen LogP contribution in [0.1, 0.15) is 79.3 Å². The predicted molar refractivity (Wildman–Crippen MR) is 271 cm³/mol. The molecule has 1 aliphatic rings. The molecule has 1 aromatic heterocycles. The van der Waals surface area contributed by atoms with Crippen molar-refractivity contribution in [1.82, 2.24) is 4.98 Å². The van der Waals surface area contributed by atoms with E-state index < -0.39 is 8.32 Å². The number of fused-ring (bicyclic) bond motifs is 2. The maximum atomic E-state index is 13.5. The molecule has 2 radical (unpaired) electrons. The molecule has 0 spiro atoms. The average molecular weight is 1050 g/mol. The summed E-state index contributed by atoms with van der Waals surface area (Å²) in [4.78, 5) is 4.11. The minimum atomic E-state index is -2.17. The number of aryl methyl sites for hydroxylation is 2. The molecule has 0 saturated carbocycles. The van der Waals surface area contributed by atoms with E-state index in [4.69, 9.17) is 11.3 Å². The van der Waals surface area contributed by atoms with Crippen molar-refractivity contribution >= 4 is 67.4 Å². The molecule has 6 aromatic rings. The molecule has 4 nitrogen and oxygen atoms in total. The summed E-state index contributed by atoms with van der Waals surface area (Å²) >= 11 is 7.28. The molecular weight excluding hydrogens is 992 g/mol. The van der Waals surface area contributed by atoms with Crippen molar-refractivity contribution in [3.05, 3.63) is 171 Å². The number of allylic oxidation sites excluding steroid dienone is 4. The Hall–Kier alpha value is -3.61. The van der Waals surface area contributed by atoms with Crippen LogP contribution in [0, 0.1) is 39.0 Å². The Morgan fingerprint density at radius 2 is 1.13 bits per heavy atom. The van der Waals surface area contributed by atoms with Crippen LogP contribution < -0.4 is 14.5 Å². The van der Waals surface area contributed by atoms with Crippen LogP contribution in [0.25, 0.3) is 38.1 Å². The van der Waals surface area contributed by atoms with E-state index in [1.54, 1.807) is 0 Å². The first-order valence-corrected chi connectivity index (χ1v) is 25.5. The molecule has 0 amide bonds. The fraction of sp³-hybridized carbons (Fsp3) is 0.315. The van der Waals surface area contributed by atoms with Gasteiger partial charge < -0.3 is 19.9 Å². The minimum Gasteiger partial charge on any atom is -0.871 e. The number of halogens is 2. The summed E-state index contributed by atoms with van der Waals surface area (Å²) < 4.78 is 8.30. The molecule has 8 heteroatoms. The Balaban J connectivity index is 0.000000269. The number of hydrogen-bond donors (Lipinski definition) is 0. The van der Waals surface area contributed by atoms with E-state index in [9.17, 15) is 10.5 Å². The van der Waals surface area contributed by atoms with Crippen molar-refractivity contribution < 1.29 is 30.6 Å². The molecule has 0 aliphatic heterocycles. The average Bonchev–Trinajstić information content (AvgIpc) is 3.58. The molecule has 0 unspecified atom stereocenters. The van der Waals surface area contributed by atoms with Gasteiger partial charge in [0.15, 0.2) is 0 Å². The van der Waals surface area contributed by atoms with E-state index in [0.29, 0.717) is 27.6 Å². The van der Waals surface area contributed by atoms with Gasteiger partial charge in [0.25, 0.3) is 8.32 Å². The molecule has 62 heavy (non-hydrogen) atoms.